The second-order valence-electron chi connectivity index (χ2n) is 5.35. The maximum absolute atomic E-state index is 13.1. The highest BCUT2D eigenvalue weighted by atomic mass is 35.5. The largest absolute Gasteiger partial charge is 0.392 e. The molecule has 1 amide bonds. The van der Waals surface area contributed by atoms with Crippen molar-refractivity contribution in [1.29, 1.82) is 0 Å². The Hall–Kier alpha value is -1.20. The topological polar surface area (TPSA) is 49.3 Å². The standard InChI is InChI=1S/C13H14ClF2NO2/c1-13(2)10(5-11(13)18)17-12(19)6-3-8(15)9(16)4-7(6)14/h3-4,10-11,18H,5H2,1-2H3,(H,17,19). The summed E-state index contributed by atoms with van der Waals surface area (Å²) in [7, 11) is 0. The Morgan fingerprint density at radius 1 is 1.42 bits per heavy atom. The van der Waals surface area contributed by atoms with Crippen LogP contribution in [0.3, 0.4) is 0 Å². The average Bonchev–Trinajstić information content (AvgIpc) is 2.33. The van der Waals surface area contributed by atoms with Crippen LogP contribution in [0.5, 0.6) is 0 Å². The smallest absolute Gasteiger partial charge is 0.253 e. The van der Waals surface area contributed by atoms with E-state index >= 15 is 0 Å². The van der Waals surface area contributed by atoms with E-state index in [1.54, 1.807) is 0 Å². The number of halogens is 3. The van der Waals surface area contributed by atoms with Gasteiger partial charge in [-0.2, -0.15) is 0 Å². The lowest BCUT2D eigenvalue weighted by atomic mass is 9.64. The molecule has 1 saturated carbocycles. The molecule has 0 heterocycles. The van der Waals surface area contributed by atoms with E-state index in [0.717, 1.165) is 12.1 Å². The van der Waals surface area contributed by atoms with E-state index < -0.39 is 29.1 Å². The molecule has 3 nitrogen and oxygen atoms in total. The van der Waals surface area contributed by atoms with E-state index in [2.05, 4.69) is 5.32 Å². The van der Waals surface area contributed by atoms with E-state index in [1.165, 1.54) is 0 Å². The van der Waals surface area contributed by atoms with Crippen molar-refractivity contribution < 1.29 is 18.7 Å². The van der Waals surface area contributed by atoms with Gasteiger partial charge >= 0.3 is 0 Å². The van der Waals surface area contributed by atoms with E-state index in [1.807, 2.05) is 13.8 Å². The molecule has 104 valence electrons. The highest BCUT2D eigenvalue weighted by Gasteiger charge is 2.48. The summed E-state index contributed by atoms with van der Waals surface area (Å²) in [4.78, 5) is 12.0. The molecule has 2 N–H and O–H groups in total. The number of aliphatic hydroxyl groups excluding tert-OH is 1. The summed E-state index contributed by atoms with van der Waals surface area (Å²) < 4.78 is 26.0. The van der Waals surface area contributed by atoms with Gasteiger partial charge in [-0.3, -0.25) is 4.79 Å². The zero-order valence-corrected chi connectivity index (χ0v) is 11.3. The van der Waals surface area contributed by atoms with Crippen molar-refractivity contribution in [1.82, 2.24) is 5.32 Å². The monoisotopic (exact) mass is 289 g/mol. The highest BCUT2D eigenvalue weighted by molar-refractivity contribution is 6.33. The van der Waals surface area contributed by atoms with Crippen LogP contribution in [0.25, 0.3) is 0 Å². The molecule has 0 saturated heterocycles. The second kappa shape index (κ2) is 4.72. The molecule has 19 heavy (non-hydrogen) atoms. The molecule has 2 unspecified atom stereocenters. The molecule has 0 radical (unpaired) electrons. The van der Waals surface area contributed by atoms with Crippen LogP contribution in [0.1, 0.15) is 30.6 Å². The van der Waals surface area contributed by atoms with Crippen molar-refractivity contribution in [3.63, 3.8) is 0 Å². The lowest BCUT2D eigenvalue weighted by Crippen LogP contribution is -2.61. The molecule has 0 bridgehead atoms. The third-order valence-electron chi connectivity index (χ3n) is 3.78. The number of rotatable bonds is 2. The summed E-state index contributed by atoms with van der Waals surface area (Å²) in [5.41, 5.74) is -0.557. The van der Waals surface area contributed by atoms with Crippen LogP contribution in [0.4, 0.5) is 8.78 Å². The van der Waals surface area contributed by atoms with Gasteiger partial charge in [0.25, 0.3) is 5.91 Å². The number of carbonyl (C=O) groups excluding carboxylic acids is 1. The van der Waals surface area contributed by atoms with Crippen LogP contribution in [0.15, 0.2) is 12.1 Å². The van der Waals surface area contributed by atoms with Crippen molar-refractivity contribution in [2.24, 2.45) is 5.41 Å². The molecule has 0 spiro atoms. The third-order valence-corrected chi connectivity index (χ3v) is 4.09. The van der Waals surface area contributed by atoms with Gasteiger partial charge in [-0.1, -0.05) is 25.4 Å². The number of benzene rings is 1. The number of hydrogen-bond acceptors (Lipinski definition) is 2. The molecule has 2 atom stereocenters. The fourth-order valence-electron chi connectivity index (χ4n) is 2.08. The first kappa shape index (κ1) is 14.2. The van der Waals surface area contributed by atoms with Gasteiger partial charge in [-0.15, -0.1) is 0 Å². The third kappa shape index (κ3) is 2.44. The lowest BCUT2D eigenvalue weighted by molar-refractivity contribution is -0.0689. The fraction of sp³-hybridized carbons (Fsp3) is 0.462. The molecule has 0 aliphatic heterocycles. The quantitative estimate of drug-likeness (QED) is 0.822. The summed E-state index contributed by atoms with van der Waals surface area (Å²) in [5, 5.41) is 12.1. The Kier molecular flexibility index (Phi) is 3.53. The molecule has 1 aromatic carbocycles. The Morgan fingerprint density at radius 2 is 2.00 bits per heavy atom. The minimum atomic E-state index is -1.12. The van der Waals surface area contributed by atoms with Gasteiger partial charge in [0.05, 0.1) is 16.7 Å². The first-order valence-corrected chi connectivity index (χ1v) is 6.24. The normalized spacial score (nSPS) is 24.7. The summed E-state index contributed by atoms with van der Waals surface area (Å²) in [6, 6.07) is 1.32. The van der Waals surface area contributed by atoms with Gasteiger partial charge < -0.3 is 10.4 Å². The van der Waals surface area contributed by atoms with Crippen molar-refractivity contribution in [3.8, 4) is 0 Å². The van der Waals surface area contributed by atoms with Gasteiger partial charge in [-0.25, -0.2) is 8.78 Å². The predicted octanol–water partition coefficient (Wildman–Crippen LogP) is 2.51. The van der Waals surface area contributed by atoms with Gasteiger partial charge in [0.2, 0.25) is 0 Å². The highest BCUT2D eigenvalue weighted by Crippen LogP contribution is 2.40. The van der Waals surface area contributed by atoms with Gasteiger partial charge in [0, 0.05) is 11.5 Å². The molecule has 0 aromatic heterocycles. The zero-order valence-electron chi connectivity index (χ0n) is 10.5. The Balaban J connectivity index is 2.16. The molecule has 6 heteroatoms. The minimum Gasteiger partial charge on any atom is -0.392 e. The van der Waals surface area contributed by atoms with E-state index in [0.29, 0.717) is 6.42 Å². The Morgan fingerprint density at radius 3 is 2.53 bits per heavy atom. The first-order chi connectivity index (χ1) is 8.73. The number of carbonyl (C=O) groups is 1. The minimum absolute atomic E-state index is 0.113. The van der Waals surface area contributed by atoms with Crippen LogP contribution < -0.4 is 5.32 Å². The maximum Gasteiger partial charge on any atom is 0.253 e. The summed E-state index contributed by atoms with van der Waals surface area (Å²) in [6.07, 6.45) is -0.0572. The number of nitrogens with one attached hydrogen (secondary N) is 1. The summed E-state index contributed by atoms with van der Waals surface area (Å²) in [5.74, 6) is -2.79. The van der Waals surface area contributed by atoms with Crippen molar-refractivity contribution in [2.45, 2.75) is 32.4 Å². The van der Waals surface area contributed by atoms with E-state index in [-0.39, 0.29) is 16.6 Å². The molecule has 1 aliphatic rings. The summed E-state index contributed by atoms with van der Waals surface area (Å²) in [6.45, 7) is 3.64. The van der Waals surface area contributed by atoms with Crippen molar-refractivity contribution in [2.75, 3.05) is 0 Å². The molecule has 1 aromatic rings. The van der Waals surface area contributed by atoms with Crippen LogP contribution in [-0.4, -0.2) is 23.2 Å². The molecule has 2 rings (SSSR count). The number of aliphatic hydroxyl groups is 1. The van der Waals surface area contributed by atoms with Crippen LogP contribution in [0, 0.1) is 17.0 Å². The molecule has 1 aliphatic carbocycles. The SMILES string of the molecule is CC1(C)C(O)CC1NC(=O)c1cc(F)c(F)cc1Cl. The van der Waals surface area contributed by atoms with Crippen molar-refractivity contribution >= 4 is 17.5 Å². The van der Waals surface area contributed by atoms with Crippen molar-refractivity contribution in [3.05, 3.63) is 34.4 Å². The second-order valence-corrected chi connectivity index (χ2v) is 5.75. The van der Waals surface area contributed by atoms with Crippen LogP contribution in [-0.2, 0) is 0 Å². The van der Waals surface area contributed by atoms with Crippen LogP contribution in [0.2, 0.25) is 5.02 Å². The van der Waals surface area contributed by atoms with E-state index in [4.69, 9.17) is 11.6 Å². The number of hydrogen-bond donors (Lipinski definition) is 2. The Labute approximate surface area is 114 Å². The zero-order chi connectivity index (χ0) is 14.4. The Bertz CT molecular complexity index is 534. The molecular formula is C13H14ClF2NO2. The molecular weight excluding hydrogens is 276 g/mol. The number of amides is 1. The first-order valence-electron chi connectivity index (χ1n) is 5.87. The fourth-order valence-corrected chi connectivity index (χ4v) is 2.32. The summed E-state index contributed by atoms with van der Waals surface area (Å²) >= 11 is 5.72. The maximum atomic E-state index is 13.1. The van der Waals surface area contributed by atoms with Gasteiger partial charge in [0.15, 0.2) is 11.6 Å². The van der Waals surface area contributed by atoms with E-state index in [9.17, 15) is 18.7 Å². The molecule has 1 fully saturated rings. The predicted molar refractivity (Wildman–Crippen MR) is 67.0 cm³/mol. The van der Waals surface area contributed by atoms with Crippen LogP contribution >= 0.6 is 11.6 Å². The lowest BCUT2D eigenvalue weighted by Gasteiger charge is -2.49. The van der Waals surface area contributed by atoms with Gasteiger partial charge in [0.1, 0.15) is 0 Å². The average molecular weight is 290 g/mol. The van der Waals surface area contributed by atoms with Gasteiger partial charge in [-0.05, 0) is 18.6 Å².